The van der Waals surface area contributed by atoms with Gasteiger partial charge in [0.2, 0.25) is 0 Å². The predicted octanol–water partition coefficient (Wildman–Crippen LogP) is 3.79. The van der Waals surface area contributed by atoms with E-state index in [0.717, 1.165) is 36.2 Å². The van der Waals surface area contributed by atoms with E-state index in [4.69, 9.17) is 11.6 Å². The minimum Gasteiger partial charge on any atom is -0.370 e. The molecule has 1 aromatic rings. The van der Waals surface area contributed by atoms with Crippen molar-refractivity contribution in [1.29, 1.82) is 0 Å². The first kappa shape index (κ1) is 14.6. The number of anilines is 1. The fourth-order valence-corrected chi connectivity index (χ4v) is 3.04. The van der Waals surface area contributed by atoms with E-state index < -0.39 is 0 Å². The van der Waals surface area contributed by atoms with Gasteiger partial charge in [-0.25, -0.2) is 4.98 Å². The summed E-state index contributed by atoms with van der Waals surface area (Å²) in [4.78, 5) is 7.16. The Morgan fingerprint density at radius 1 is 1.47 bits per heavy atom. The summed E-state index contributed by atoms with van der Waals surface area (Å²) in [6, 6.07) is 4.56. The van der Waals surface area contributed by atoms with Gasteiger partial charge in [-0.1, -0.05) is 25.4 Å². The van der Waals surface area contributed by atoms with Gasteiger partial charge in [0.25, 0.3) is 0 Å². The molecule has 2 rings (SSSR count). The van der Waals surface area contributed by atoms with Gasteiger partial charge in [-0.15, -0.1) is 0 Å². The van der Waals surface area contributed by atoms with E-state index in [-0.39, 0.29) is 0 Å². The normalized spacial score (nSPS) is 20.2. The molecule has 2 heterocycles. The summed E-state index contributed by atoms with van der Waals surface area (Å²) in [5, 5.41) is 4.02. The Kier molecular flexibility index (Phi) is 5.06. The molecule has 1 atom stereocenters. The summed E-state index contributed by atoms with van der Waals surface area (Å²) in [6.45, 7) is 9.57. The van der Waals surface area contributed by atoms with E-state index in [1.54, 1.807) is 0 Å². The molecule has 1 aliphatic rings. The summed E-state index contributed by atoms with van der Waals surface area (Å²) in [7, 11) is 0. The van der Waals surface area contributed by atoms with Crippen LogP contribution in [-0.4, -0.2) is 29.0 Å². The van der Waals surface area contributed by atoms with Crippen LogP contribution in [0.2, 0.25) is 5.02 Å². The van der Waals surface area contributed by atoms with Crippen molar-refractivity contribution in [1.82, 2.24) is 9.88 Å². The monoisotopic (exact) mass is 281 g/mol. The lowest BCUT2D eigenvalue weighted by Crippen LogP contribution is -2.33. The zero-order valence-electron chi connectivity index (χ0n) is 12.1. The lowest BCUT2D eigenvalue weighted by Gasteiger charge is -2.27. The highest BCUT2D eigenvalue weighted by atomic mass is 35.5. The molecule has 1 unspecified atom stereocenters. The molecule has 0 spiro atoms. The number of likely N-dealkylation sites (tertiary alicyclic amines) is 1. The zero-order valence-corrected chi connectivity index (χ0v) is 12.9. The van der Waals surface area contributed by atoms with Crippen molar-refractivity contribution >= 4 is 17.4 Å². The molecule has 4 heteroatoms. The van der Waals surface area contributed by atoms with Gasteiger partial charge in [-0.2, -0.15) is 0 Å². The molecule has 1 aromatic heterocycles. The van der Waals surface area contributed by atoms with E-state index in [0.29, 0.717) is 12.0 Å². The molecular formula is C15H24ClN3. The van der Waals surface area contributed by atoms with E-state index in [9.17, 15) is 0 Å². The molecule has 1 aliphatic heterocycles. The van der Waals surface area contributed by atoms with Crippen molar-refractivity contribution in [3.05, 3.63) is 22.8 Å². The topological polar surface area (TPSA) is 28.2 Å². The molecule has 1 N–H and O–H groups in total. The van der Waals surface area contributed by atoms with Crippen LogP contribution in [0.4, 0.5) is 5.82 Å². The highest BCUT2D eigenvalue weighted by Crippen LogP contribution is 2.27. The number of rotatable bonds is 5. The summed E-state index contributed by atoms with van der Waals surface area (Å²) in [6.07, 6.45) is 2.58. The number of hydrogen-bond donors (Lipinski definition) is 1. The maximum Gasteiger partial charge on any atom is 0.126 e. The van der Waals surface area contributed by atoms with Crippen LogP contribution in [0.25, 0.3) is 0 Å². The van der Waals surface area contributed by atoms with Crippen molar-refractivity contribution in [3.63, 3.8) is 0 Å². The largest absolute Gasteiger partial charge is 0.370 e. The van der Waals surface area contributed by atoms with Crippen LogP contribution in [0, 0.1) is 5.92 Å². The smallest absolute Gasteiger partial charge is 0.126 e. The molecule has 1 saturated heterocycles. The number of halogens is 1. The van der Waals surface area contributed by atoms with Gasteiger partial charge < -0.3 is 5.32 Å². The van der Waals surface area contributed by atoms with Crippen LogP contribution in [0.3, 0.4) is 0 Å². The molecule has 1 fully saturated rings. The van der Waals surface area contributed by atoms with Crippen LogP contribution < -0.4 is 5.32 Å². The SMILES string of the molecule is CCNc1ccc(Cl)c(CN2CCCC2C(C)C)n1. The van der Waals surface area contributed by atoms with E-state index in [2.05, 4.69) is 36.0 Å². The Labute approximate surface area is 121 Å². The third-order valence-corrected chi connectivity index (χ3v) is 4.16. The minimum absolute atomic E-state index is 0.667. The van der Waals surface area contributed by atoms with Crippen LogP contribution in [0.1, 0.15) is 39.3 Å². The quantitative estimate of drug-likeness (QED) is 0.890. The maximum atomic E-state index is 6.29. The van der Waals surface area contributed by atoms with Gasteiger partial charge in [-0.05, 0) is 44.4 Å². The van der Waals surface area contributed by atoms with E-state index >= 15 is 0 Å². The molecule has 0 aliphatic carbocycles. The van der Waals surface area contributed by atoms with E-state index in [1.807, 2.05) is 12.1 Å². The standard InChI is InChI=1S/C15H24ClN3/c1-4-17-15-8-7-12(16)13(18-15)10-19-9-5-6-14(19)11(2)3/h7-8,11,14H,4-6,9-10H2,1-3H3,(H,17,18). The van der Waals surface area contributed by atoms with Crippen molar-refractivity contribution in [2.45, 2.75) is 46.2 Å². The Balaban J connectivity index is 2.11. The average Bonchev–Trinajstić information content (AvgIpc) is 2.82. The Morgan fingerprint density at radius 3 is 2.95 bits per heavy atom. The van der Waals surface area contributed by atoms with E-state index in [1.165, 1.54) is 12.8 Å². The lowest BCUT2D eigenvalue weighted by atomic mass is 10.0. The lowest BCUT2D eigenvalue weighted by molar-refractivity contribution is 0.197. The van der Waals surface area contributed by atoms with Crippen molar-refractivity contribution in [2.75, 3.05) is 18.4 Å². The van der Waals surface area contributed by atoms with Gasteiger partial charge in [-0.3, -0.25) is 4.90 Å². The van der Waals surface area contributed by atoms with Crippen LogP contribution in [0.15, 0.2) is 12.1 Å². The van der Waals surface area contributed by atoms with Gasteiger partial charge in [0.05, 0.1) is 10.7 Å². The molecular weight excluding hydrogens is 258 g/mol. The molecule has 0 amide bonds. The molecule has 0 saturated carbocycles. The molecule has 19 heavy (non-hydrogen) atoms. The molecule has 0 radical (unpaired) electrons. The van der Waals surface area contributed by atoms with Crippen molar-refractivity contribution in [2.24, 2.45) is 5.92 Å². The Bertz CT molecular complexity index is 420. The van der Waals surface area contributed by atoms with Crippen molar-refractivity contribution < 1.29 is 0 Å². The van der Waals surface area contributed by atoms with Crippen LogP contribution >= 0.6 is 11.6 Å². The molecule has 106 valence electrons. The maximum absolute atomic E-state index is 6.29. The second kappa shape index (κ2) is 6.58. The zero-order chi connectivity index (χ0) is 13.8. The first-order chi connectivity index (χ1) is 9.11. The second-order valence-electron chi connectivity index (χ2n) is 5.58. The number of pyridine rings is 1. The predicted molar refractivity (Wildman–Crippen MR) is 81.7 cm³/mol. The number of nitrogens with one attached hydrogen (secondary N) is 1. The van der Waals surface area contributed by atoms with Gasteiger partial charge in [0.15, 0.2) is 0 Å². The first-order valence-corrected chi connectivity index (χ1v) is 7.63. The summed E-state index contributed by atoms with van der Waals surface area (Å²) in [5.41, 5.74) is 0.993. The highest BCUT2D eigenvalue weighted by molar-refractivity contribution is 6.31. The second-order valence-corrected chi connectivity index (χ2v) is 5.99. The average molecular weight is 282 g/mol. The number of aromatic nitrogens is 1. The van der Waals surface area contributed by atoms with Gasteiger partial charge in [0, 0.05) is 19.1 Å². The third-order valence-electron chi connectivity index (χ3n) is 3.81. The summed E-state index contributed by atoms with van der Waals surface area (Å²) < 4.78 is 0. The fraction of sp³-hybridized carbons (Fsp3) is 0.667. The Morgan fingerprint density at radius 2 is 2.26 bits per heavy atom. The molecule has 0 bridgehead atoms. The van der Waals surface area contributed by atoms with Crippen LogP contribution in [-0.2, 0) is 6.54 Å². The fourth-order valence-electron chi connectivity index (χ4n) is 2.87. The van der Waals surface area contributed by atoms with Crippen LogP contribution in [0.5, 0.6) is 0 Å². The summed E-state index contributed by atoms with van der Waals surface area (Å²) in [5.74, 6) is 1.61. The highest BCUT2D eigenvalue weighted by Gasteiger charge is 2.27. The molecule has 3 nitrogen and oxygen atoms in total. The van der Waals surface area contributed by atoms with Crippen molar-refractivity contribution in [3.8, 4) is 0 Å². The summed E-state index contributed by atoms with van der Waals surface area (Å²) >= 11 is 6.29. The minimum atomic E-state index is 0.667. The number of hydrogen-bond acceptors (Lipinski definition) is 3. The van der Waals surface area contributed by atoms with Gasteiger partial charge in [0.1, 0.15) is 5.82 Å². The Hall–Kier alpha value is -0.800. The first-order valence-electron chi connectivity index (χ1n) is 7.25. The van der Waals surface area contributed by atoms with Gasteiger partial charge >= 0.3 is 0 Å². The molecule has 0 aromatic carbocycles. The number of nitrogens with zero attached hydrogens (tertiary/aromatic N) is 2. The third kappa shape index (κ3) is 3.61.